The van der Waals surface area contributed by atoms with Gasteiger partial charge in [0, 0.05) is 22.3 Å². The summed E-state index contributed by atoms with van der Waals surface area (Å²) in [5.74, 6) is 0.955. The van der Waals surface area contributed by atoms with Gasteiger partial charge in [0.25, 0.3) is 0 Å². The maximum absolute atomic E-state index is 5.69. The van der Waals surface area contributed by atoms with E-state index in [2.05, 4.69) is 21.3 Å². The number of thiophene rings is 2. The van der Waals surface area contributed by atoms with E-state index in [4.69, 9.17) is 14.2 Å². The van der Waals surface area contributed by atoms with Crippen LogP contribution in [-0.4, -0.2) is 33.5 Å². The summed E-state index contributed by atoms with van der Waals surface area (Å²) in [6, 6.07) is 0. The predicted octanol–water partition coefficient (Wildman–Crippen LogP) is 3.77. The quantitative estimate of drug-likeness (QED) is 0.720. The molecule has 3 nitrogen and oxygen atoms in total. The van der Waals surface area contributed by atoms with Crippen molar-refractivity contribution in [2.45, 2.75) is 0 Å². The van der Waals surface area contributed by atoms with Crippen LogP contribution in [0.25, 0.3) is 9.40 Å². The maximum atomic E-state index is 5.69. The van der Waals surface area contributed by atoms with Crippen molar-refractivity contribution in [1.82, 2.24) is 0 Å². The van der Waals surface area contributed by atoms with Crippen LogP contribution in [0.2, 0.25) is 0 Å². The van der Waals surface area contributed by atoms with Crippen molar-refractivity contribution in [2.75, 3.05) is 33.5 Å². The molecule has 2 heterocycles. The summed E-state index contributed by atoms with van der Waals surface area (Å²) in [7, 11) is 1.66. The molecule has 0 unspecified atom stereocenters. The number of rotatable bonds is 7. The van der Waals surface area contributed by atoms with Crippen molar-refractivity contribution in [1.29, 1.82) is 0 Å². The zero-order valence-corrected chi connectivity index (χ0v) is 12.6. The maximum Gasteiger partial charge on any atom is 0.147 e. The van der Waals surface area contributed by atoms with E-state index in [9.17, 15) is 0 Å². The predicted molar refractivity (Wildman–Crippen MR) is 75.6 cm³/mol. The fourth-order valence-electron chi connectivity index (χ4n) is 1.33. The lowest BCUT2D eigenvalue weighted by atomic mass is 10.5. The van der Waals surface area contributed by atoms with Crippen LogP contribution in [0, 0.1) is 0 Å². The van der Waals surface area contributed by atoms with Crippen LogP contribution in [0.5, 0.6) is 5.75 Å². The van der Waals surface area contributed by atoms with Gasteiger partial charge in [0.1, 0.15) is 12.4 Å². The molecule has 2 aromatic heterocycles. The van der Waals surface area contributed by atoms with E-state index in [1.54, 1.807) is 29.8 Å². The molecule has 0 bridgehead atoms. The van der Waals surface area contributed by atoms with E-state index in [1.807, 2.05) is 5.38 Å². The van der Waals surface area contributed by atoms with E-state index >= 15 is 0 Å². The van der Waals surface area contributed by atoms with Gasteiger partial charge in [-0.3, -0.25) is 0 Å². The van der Waals surface area contributed by atoms with Crippen molar-refractivity contribution in [3.8, 4) is 5.75 Å². The molecular formula is C11H13BrO3S2. The molecule has 6 heteroatoms. The van der Waals surface area contributed by atoms with Gasteiger partial charge >= 0.3 is 0 Å². The van der Waals surface area contributed by atoms with Crippen LogP contribution in [-0.2, 0) is 9.47 Å². The number of ether oxygens (including phenoxy) is 3. The summed E-state index contributed by atoms with van der Waals surface area (Å²) in [6.45, 7) is 2.41. The fraction of sp³-hybridized carbons (Fsp3) is 0.455. The van der Waals surface area contributed by atoms with Gasteiger partial charge in [-0.1, -0.05) is 0 Å². The molecule has 0 fully saturated rings. The smallest absolute Gasteiger partial charge is 0.147 e. The molecule has 94 valence electrons. The second-order valence-electron chi connectivity index (χ2n) is 3.30. The first-order valence-electron chi connectivity index (χ1n) is 5.16. The summed E-state index contributed by atoms with van der Waals surface area (Å²) < 4.78 is 19.5. The second kappa shape index (κ2) is 6.70. The van der Waals surface area contributed by atoms with Crippen molar-refractivity contribution in [2.24, 2.45) is 0 Å². The Labute approximate surface area is 116 Å². The molecule has 0 aliphatic heterocycles. The molecule has 0 aliphatic rings. The van der Waals surface area contributed by atoms with Crippen molar-refractivity contribution in [3.63, 3.8) is 0 Å². The molecule has 2 rings (SSSR count). The van der Waals surface area contributed by atoms with Gasteiger partial charge in [0.15, 0.2) is 0 Å². The Hall–Kier alpha value is -0.140. The molecule has 0 saturated carbocycles. The molecule has 0 N–H and O–H groups in total. The highest BCUT2D eigenvalue weighted by Crippen LogP contribution is 2.41. The number of hydrogen-bond acceptors (Lipinski definition) is 5. The Morgan fingerprint density at radius 2 is 1.82 bits per heavy atom. The minimum atomic E-state index is 0.574. The third-order valence-electron chi connectivity index (χ3n) is 2.13. The third kappa shape index (κ3) is 3.42. The van der Waals surface area contributed by atoms with Crippen LogP contribution in [0.1, 0.15) is 0 Å². The summed E-state index contributed by atoms with van der Waals surface area (Å²) in [5.41, 5.74) is 0. The van der Waals surface area contributed by atoms with E-state index in [1.165, 1.54) is 9.40 Å². The highest BCUT2D eigenvalue weighted by molar-refractivity contribution is 9.10. The van der Waals surface area contributed by atoms with Crippen LogP contribution in [0.3, 0.4) is 0 Å². The van der Waals surface area contributed by atoms with Crippen LogP contribution >= 0.6 is 38.6 Å². The minimum Gasteiger partial charge on any atom is -0.489 e. The molecule has 17 heavy (non-hydrogen) atoms. The normalized spacial score (nSPS) is 11.2. The molecule has 0 spiro atoms. The largest absolute Gasteiger partial charge is 0.489 e. The molecule has 0 saturated heterocycles. The Kier molecular flexibility index (Phi) is 5.24. The molecule has 0 atom stereocenters. The zero-order valence-electron chi connectivity index (χ0n) is 9.40. The first-order chi connectivity index (χ1) is 8.33. The highest BCUT2D eigenvalue weighted by Gasteiger charge is 2.09. The van der Waals surface area contributed by atoms with Crippen LogP contribution < -0.4 is 4.74 Å². The first kappa shape index (κ1) is 13.3. The number of fused-ring (bicyclic) bond motifs is 1. The topological polar surface area (TPSA) is 27.7 Å². The Morgan fingerprint density at radius 3 is 2.65 bits per heavy atom. The van der Waals surface area contributed by atoms with Gasteiger partial charge in [-0.2, -0.15) is 0 Å². The van der Waals surface area contributed by atoms with Crippen molar-refractivity contribution >= 4 is 48.0 Å². The highest BCUT2D eigenvalue weighted by atomic mass is 79.9. The van der Waals surface area contributed by atoms with Crippen molar-refractivity contribution in [3.05, 3.63) is 15.2 Å². The van der Waals surface area contributed by atoms with Gasteiger partial charge in [0.05, 0.1) is 29.2 Å². The van der Waals surface area contributed by atoms with E-state index in [0.29, 0.717) is 26.4 Å². The summed E-state index contributed by atoms with van der Waals surface area (Å²) in [6.07, 6.45) is 0. The van der Waals surface area contributed by atoms with E-state index < -0.39 is 0 Å². The summed E-state index contributed by atoms with van der Waals surface area (Å²) >= 11 is 6.91. The van der Waals surface area contributed by atoms with Crippen LogP contribution in [0.4, 0.5) is 0 Å². The molecule has 0 radical (unpaired) electrons. The Morgan fingerprint density at radius 1 is 1.06 bits per heavy atom. The van der Waals surface area contributed by atoms with Gasteiger partial charge < -0.3 is 14.2 Å². The molecular weight excluding hydrogens is 324 g/mol. The third-order valence-corrected chi connectivity index (χ3v) is 5.43. The molecule has 0 aromatic carbocycles. The lowest BCUT2D eigenvalue weighted by Gasteiger charge is -2.05. The molecule has 0 amide bonds. The zero-order chi connectivity index (χ0) is 12.1. The lowest BCUT2D eigenvalue weighted by Crippen LogP contribution is -2.09. The van der Waals surface area contributed by atoms with Gasteiger partial charge in [-0.05, 0) is 15.9 Å². The second-order valence-corrected chi connectivity index (χ2v) is 5.91. The molecule has 2 aromatic rings. The average molecular weight is 337 g/mol. The average Bonchev–Trinajstić information content (AvgIpc) is 2.88. The van der Waals surface area contributed by atoms with Gasteiger partial charge in [0.2, 0.25) is 0 Å². The minimum absolute atomic E-state index is 0.574. The lowest BCUT2D eigenvalue weighted by molar-refractivity contribution is 0.0547. The van der Waals surface area contributed by atoms with Crippen molar-refractivity contribution < 1.29 is 14.2 Å². The Bertz CT molecular complexity index is 466. The molecule has 0 aliphatic carbocycles. The standard InChI is InChI=1S/C11H13BrO3S2/c1-13-2-3-14-4-5-15-9-7-17-10-8(12)6-16-11(9)10/h6-7H,2-5H2,1H3. The SMILES string of the molecule is COCCOCCOc1csc2c(Br)csc12. The number of halogens is 1. The van der Waals surface area contributed by atoms with E-state index in [0.717, 1.165) is 10.2 Å². The summed E-state index contributed by atoms with van der Waals surface area (Å²) in [5, 5.41) is 4.13. The number of hydrogen-bond donors (Lipinski definition) is 0. The monoisotopic (exact) mass is 336 g/mol. The Balaban J connectivity index is 1.79. The first-order valence-corrected chi connectivity index (χ1v) is 7.72. The fourth-order valence-corrected chi connectivity index (χ4v) is 4.23. The summed E-state index contributed by atoms with van der Waals surface area (Å²) in [4.78, 5) is 0. The number of methoxy groups -OCH3 is 1. The van der Waals surface area contributed by atoms with Gasteiger partial charge in [-0.25, -0.2) is 0 Å². The van der Waals surface area contributed by atoms with Crippen LogP contribution in [0.15, 0.2) is 15.2 Å². The van der Waals surface area contributed by atoms with Gasteiger partial charge in [-0.15, -0.1) is 22.7 Å². The van der Waals surface area contributed by atoms with E-state index in [-0.39, 0.29) is 0 Å².